The van der Waals surface area contributed by atoms with Gasteiger partial charge >= 0.3 is 0 Å². The normalized spacial score (nSPS) is 12.9. The minimum Gasteiger partial charge on any atom is -0.464 e. The molecule has 0 saturated carbocycles. The number of nitrogens with zero attached hydrogens (tertiary/aromatic N) is 1. The van der Waals surface area contributed by atoms with Crippen molar-refractivity contribution in [1.82, 2.24) is 0 Å². The van der Waals surface area contributed by atoms with Crippen molar-refractivity contribution in [2.75, 3.05) is 0 Å². The molecule has 2 aromatic heterocycles. The largest absolute Gasteiger partial charge is 0.464 e. The molecular formula is C27H23NOS. The number of thiophene rings is 1. The number of benzene rings is 3. The quantitative estimate of drug-likeness (QED) is 0.276. The first kappa shape index (κ1) is 18.8. The zero-order valence-corrected chi connectivity index (χ0v) is 18.2. The number of rotatable bonds is 3. The van der Waals surface area contributed by atoms with E-state index in [0.717, 1.165) is 21.9 Å². The highest BCUT2D eigenvalue weighted by atomic mass is 32.1. The lowest BCUT2D eigenvalue weighted by Crippen LogP contribution is -2.12. The zero-order chi connectivity index (χ0) is 20.7. The van der Waals surface area contributed by atoms with Crippen LogP contribution in [0, 0.1) is 0 Å². The molecule has 5 aromatic rings. The van der Waals surface area contributed by atoms with Crippen molar-refractivity contribution in [1.29, 1.82) is 0 Å². The van der Waals surface area contributed by atoms with Crippen LogP contribution in [0.4, 0.5) is 0 Å². The van der Waals surface area contributed by atoms with Crippen LogP contribution in [0.25, 0.3) is 37.9 Å². The molecule has 0 aliphatic rings. The summed E-state index contributed by atoms with van der Waals surface area (Å²) in [7, 11) is 0. The summed E-state index contributed by atoms with van der Waals surface area (Å²) < 4.78 is 6.88. The molecule has 3 aromatic carbocycles. The Hall–Kier alpha value is -3.17. The van der Waals surface area contributed by atoms with Gasteiger partial charge in [-0.25, -0.2) is 0 Å². The summed E-state index contributed by atoms with van der Waals surface area (Å²) in [4.78, 5) is 5.73. The Morgan fingerprint density at radius 2 is 1.77 bits per heavy atom. The van der Waals surface area contributed by atoms with Crippen molar-refractivity contribution in [3.05, 3.63) is 89.1 Å². The second-order valence-corrected chi connectivity index (χ2v) is 9.71. The standard InChI is InChI=1S/C27H23NOS/c1-27(2,3)24-15-18(14-20-6-4-5-7-22(20)24)17-28-12-10-21-16-23-25(30-21)9-8-19-11-13-29-26(19)23/h4-17H,1-3H3/b12-10-,28-17?. The molecule has 148 valence electrons. The number of hydrogen-bond acceptors (Lipinski definition) is 3. The summed E-state index contributed by atoms with van der Waals surface area (Å²) in [6.07, 6.45) is 7.62. The molecule has 0 aliphatic carbocycles. The second kappa shape index (κ2) is 7.26. The summed E-state index contributed by atoms with van der Waals surface area (Å²) in [6, 6.07) is 21.5. The summed E-state index contributed by atoms with van der Waals surface area (Å²) in [5.41, 5.74) is 3.50. The second-order valence-electron chi connectivity index (χ2n) is 8.60. The van der Waals surface area contributed by atoms with Gasteiger partial charge in [0.05, 0.1) is 6.26 Å². The van der Waals surface area contributed by atoms with E-state index in [1.165, 1.54) is 25.9 Å². The molecule has 3 heteroatoms. The molecule has 0 unspecified atom stereocenters. The molecule has 0 spiro atoms. The van der Waals surface area contributed by atoms with Gasteiger partial charge in [-0.05, 0) is 69.8 Å². The fraction of sp³-hybridized carbons (Fsp3) is 0.148. The van der Waals surface area contributed by atoms with Crippen molar-refractivity contribution < 1.29 is 4.42 Å². The minimum atomic E-state index is 0.0769. The molecule has 0 bridgehead atoms. The molecule has 0 amide bonds. The fourth-order valence-electron chi connectivity index (χ4n) is 3.92. The Bertz CT molecular complexity index is 1430. The average Bonchev–Trinajstić information content (AvgIpc) is 3.36. The SMILES string of the molecule is CC(C)(C)c1cc(C=N/C=C\c2cc3c(ccc4ccoc43)s2)cc2ccccc12. The van der Waals surface area contributed by atoms with Gasteiger partial charge in [-0.15, -0.1) is 11.3 Å². The van der Waals surface area contributed by atoms with Gasteiger partial charge in [0.2, 0.25) is 0 Å². The van der Waals surface area contributed by atoms with Gasteiger partial charge in [0, 0.05) is 32.8 Å². The number of hydrogen-bond donors (Lipinski definition) is 0. The Balaban J connectivity index is 1.45. The molecule has 30 heavy (non-hydrogen) atoms. The molecule has 0 aliphatic heterocycles. The minimum absolute atomic E-state index is 0.0769. The topological polar surface area (TPSA) is 25.5 Å². The molecule has 2 heterocycles. The number of fused-ring (bicyclic) bond motifs is 4. The molecule has 0 saturated heterocycles. The van der Waals surface area contributed by atoms with E-state index in [9.17, 15) is 0 Å². The summed E-state index contributed by atoms with van der Waals surface area (Å²) in [6.45, 7) is 6.77. The maximum atomic E-state index is 5.65. The molecule has 0 N–H and O–H groups in total. The van der Waals surface area contributed by atoms with Gasteiger partial charge < -0.3 is 4.42 Å². The third-order valence-electron chi connectivity index (χ3n) is 5.38. The Labute approximate surface area is 180 Å². The van der Waals surface area contributed by atoms with Crippen LogP contribution in [0.3, 0.4) is 0 Å². The molecule has 5 rings (SSSR count). The summed E-state index contributed by atoms with van der Waals surface area (Å²) in [5.74, 6) is 0. The van der Waals surface area contributed by atoms with Crippen LogP contribution in [0.2, 0.25) is 0 Å². The first-order chi connectivity index (χ1) is 14.5. The number of aliphatic imine (C=N–C) groups is 1. The van der Waals surface area contributed by atoms with Crippen molar-refractivity contribution in [3.8, 4) is 0 Å². The third-order valence-corrected chi connectivity index (χ3v) is 6.44. The zero-order valence-electron chi connectivity index (χ0n) is 17.3. The van der Waals surface area contributed by atoms with Crippen LogP contribution >= 0.6 is 11.3 Å². The molecule has 0 atom stereocenters. The summed E-state index contributed by atoms with van der Waals surface area (Å²) in [5, 5.41) is 4.87. The lowest BCUT2D eigenvalue weighted by Gasteiger charge is -2.22. The van der Waals surface area contributed by atoms with Gasteiger partial charge in [0.25, 0.3) is 0 Å². The Morgan fingerprint density at radius 3 is 2.63 bits per heavy atom. The van der Waals surface area contributed by atoms with Gasteiger partial charge in [-0.2, -0.15) is 0 Å². The highest BCUT2D eigenvalue weighted by Crippen LogP contribution is 2.33. The predicted octanol–water partition coefficient (Wildman–Crippen LogP) is 8.19. The third kappa shape index (κ3) is 3.46. The van der Waals surface area contributed by atoms with Crippen LogP contribution in [-0.2, 0) is 5.41 Å². The van der Waals surface area contributed by atoms with Crippen LogP contribution < -0.4 is 0 Å². The Kier molecular flexibility index (Phi) is 4.56. The fourth-order valence-corrected chi connectivity index (χ4v) is 4.87. The Morgan fingerprint density at radius 1 is 0.900 bits per heavy atom. The highest BCUT2D eigenvalue weighted by molar-refractivity contribution is 7.20. The van der Waals surface area contributed by atoms with E-state index in [2.05, 4.69) is 86.4 Å². The number of furan rings is 1. The van der Waals surface area contributed by atoms with Crippen LogP contribution in [0.15, 0.2) is 82.5 Å². The van der Waals surface area contributed by atoms with Gasteiger partial charge in [-0.1, -0.05) is 45.0 Å². The smallest absolute Gasteiger partial charge is 0.142 e. The maximum Gasteiger partial charge on any atom is 0.142 e. The van der Waals surface area contributed by atoms with E-state index in [4.69, 9.17) is 4.42 Å². The van der Waals surface area contributed by atoms with E-state index in [1.807, 2.05) is 18.5 Å². The summed E-state index contributed by atoms with van der Waals surface area (Å²) >= 11 is 1.75. The lowest BCUT2D eigenvalue weighted by molar-refractivity contribution is 0.596. The van der Waals surface area contributed by atoms with Crippen LogP contribution in [0.1, 0.15) is 36.8 Å². The van der Waals surface area contributed by atoms with Crippen molar-refractivity contribution in [3.63, 3.8) is 0 Å². The van der Waals surface area contributed by atoms with E-state index < -0.39 is 0 Å². The van der Waals surface area contributed by atoms with Crippen LogP contribution in [0.5, 0.6) is 0 Å². The van der Waals surface area contributed by atoms with E-state index >= 15 is 0 Å². The maximum absolute atomic E-state index is 5.65. The molecule has 2 nitrogen and oxygen atoms in total. The average molecular weight is 410 g/mol. The monoisotopic (exact) mass is 409 g/mol. The van der Waals surface area contributed by atoms with Crippen molar-refractivity contribution in [2.24, 2.45) is 4.99 Å². The van der Waals surface area contributed by atoms with Gasteiger partial charge in [0.1, 0.15) is 5.58 Å². The van der Waals surface area contributed by atoms with E-state index in [0.29, 0.717) is 0 Å². The highest BCUT2D eigenvalue weighted by Gasteiger charge is 2.17. The molecule has 0 fully saturated rings. The van der Waals surface area contributed by atoms with E-state index in [-0.39, 0.29) is 5.41 Å². The van der Waals surface area contributed by atoms with E-state index in [1.54, 1.807) is 17.6 Å². The van der Waals surface area contributed by atoms with Crippen LogP contribution in [-0.4, -0.2) is 6.21 Å². The van der Waals surface area contributed by atoms with Gasteiger partial charge in [-0.3, -0.25) is 4.99 Å². The molecule has 0 radical (unpaired) electrons. The van der Waals surface area contributed by atoms with Crippen molar-refractivity contribution >= 4 is 55.5 Å². The van der Waals surface area contributed by atoms with Gasteiger partial charge in [0.15, 0.2) is 0 Å². The predicted molar refractivity (Wildman–Crippen MR) is 131 cm³/mol. The lowest BCUT2D eigenvalue weighted by atomic mass is 9.83. The molecular weight excluding hydrogens is 386 g/mol. The first-order valence-electron chi connectivity index (χ1n) is 10.1. The van der Waals surface area contributed by atoms with Crippen molar-refractivity contribution in [2.45, 2.75) is 26.2 Å². The first-order valence-corrected chi connectivity index (χ1v) is 10.9.